The maximum atomic E-state index is 13.3. The Bertz CT molecular complexity index is 1620. The second-order valence-electron chi connectivity index (χ2n) is 7.54. The molecule has 2 heterocycles. The minimum absolute atomic E-state index is 0.0870. The van der Waals surface area contributed by atoms with Crippen molar-refractivity contribution in [2.24, 2.45) is 0 Å². The summed E-state index contributed by atoms with van der Waals surface area (Å²) in [4.78, 5) is 25.8. The van der Waals surface area contributed by atoms with E-state index >= 15 is 0 Å². The third kappa shape index (κ3) is 4.14. The number of hydrogen-bond acceptors (Lipinski definition) is 6. The molecule has 2 aromatic heterocycles. The van der Waals surface area contributed by atoms with Gasteiger partial charge in [0.2, 0.25) is 11.7 Å². The van der Waals surface area contributed by atoms with E-state index < -0.39 is 0 Å². The number of nitrogens with zero attached hydrogens (tertiary/aromatic N) is 5. The molecule has 0 bridgehead atoms. The van der Waals surface area contributed by atoms with Crippen molar-refractivity contribution in [1.82, 2.24) is 19.2 Å². The van der Waals surface area contributed by atoms with E-state index in [9.17, 15) is 9.59 Å². The maximum absolute atomic E-state index is 13.3. The Morgan fingerprint density at radius 2 is 1.79 bits per heavy atom. The van der Waals surface area contributed by atoms with Crippen LogP contribution < -0.4 is 10.9 Å². The van der Waals surface area contributed by atoms with Crippen LogP contribution in [0.15, 0.2) is 88.8 Å². The van der Waals surface area contributed by atoms with E-state index in [1.54, 1.807) is 34.9 Å². The summed E-state index contributed by atoms with van der Waals surface area (Å²) < 4.78 is 3.41. The molecular weight excluding hydrogens is 448 g/mol. The Hall–Kier alpha value is -4.42. The molecule has 0 aliphatic carbocycles. The van der Waals surface area contributed by atoms with Gasteiger partial charge in [-0.25, -0.2) is 0 Å². The van der Waals surface area contributed by atoms with Crippen molar-refractivity contribution in [2.45, 2.75) is 11.7 Å². The van der Waals surface area contributed by atoms with Gasteiger partial charge in [0.1, 0.15) is 0 Å². The maximum Gasteiger partial charge on any atom is 0.263 e. The molecule has 0 saturated heterocycles. The average molecular weight is 467 g/mol. The van der Waals surface area contributed by atoms with E-state index in [1.807, 2.05) is 52.9 Å². The van der Waals surface area contributed by atoms with Crippen molar-refractivity contribution in [3.8, 4) is 6.07 Å². The number of anilines is 1. The first-order valence-electron chi connectivity index (χ1n) is 10.5. The zero-order valence-electron chi connectivity index (χ0n) is 17.9. The second kappa shape index (κ2) is 9.21. The summed E-state index contributed by atoms with van der Waals surface area (Å²) in [6.07, 6.45) is 0. The molecule has 0 unspecified atom stereocenters. The summed E-state index contributed by atoms with van der Waals surface area (Å²) in [6.45, 7) is 0.354. The van der Waals surface area contributed by atoms with Crippen LogP contribution in [0.3, 0.4) is 0 Å². The van der Waals surface area contributed by atoms with Crippen LogP contribution in [-0.2, 0) is 11.3 Å². The van der Waals surface area contributed by atoms with Crippen molar-refractivity contribution < 1.29 is 4.79 Å². The molecule has 1 amide bonds. The van der Waals surface area contributed by atoms with E-state index in [2.05, 4.69) is 21.6 Å². The molecule has 0 atom stereocenters. The number of aromatic nitrogens is 4. The van der Waals surface area contributed by atoms with Crippen molar-refractivity contribution in [3.63, 3.8) is 0 Å². The summed E-state index contributed by atoms with van der Waals surface area (Å²) in [7, 11) is 0. The molecule has 9 heteroatoms. The third-order valence-electron chi connectivity index (χ3n) is 5.27. The normalized spacial score (nSPS) is 10.9. The molecule has 5 aromatic rings. The predicted octanol–water partition coefficient (Wildman–Crippen LogP) is 3.69. The Labute approximate surface area is 198 Å². The van der Waals surface area contributed by atoms with Crippen LogP contribution in [0, 0.1) is 11.3 Å². The van der Waals surface area contributed by atoms with Crippen molar-refractivity contribution in [1.29, 1.82) is 5.26 Å². The summed E-state index contributed by atoms with van der Waals surface area (Å²) in [5.74, 6) is 0.264. The minimum atomic E-state index is -0.237. The van der Waals surface area contributed by atoms with Crippen molar-refractivity contribution in [2.75, 3.05) is 11.1 Å². The van der Waals surface area contributed by atoms with E-state index in [1.165, 1.54) is 11.8 Å². The third-order valence-corrected chi connectivity index (χ3v) is 6.20. The quantitative estimate of drug-likeness (QED) is 0.383. The lowest BCUT2D eigenvalue weighted by atomic mass is 10.2. The smallest absolute Gasteiger partial charge is 0.263 e. The summed E-state index contributed by atoms with van der Waals surface area (Å²) in [5.41, 5.74) is 2.53. The minimum Gasteiger partial charge on any atom is -0.325 e. The van der Waals surface area contributed by atoms with Crippen LogP contribution >= 0.6 is 11.8 Å². The van der Waals surface area contributed by atoms with Crippen LogP contribution in [-0.4, -0.2) is 30.8 Å². The topological polar surface area (TPSA) is 105 Å². The lowest BCUT2D eigenvalue weighted by Gasteiger charge is -2.11. The number of fused-ring (bicyclic) bond motifs is 3. The molecule has 3 aromatic carbocycles. The van der Waals surface area contributed by atoms with Gasteiger partial charge in [-0.3, -0.25) is 18.6 Å². The van der Waals surface area contributed by atoms with E-state index in [4.69, 9.17) is 5.26 Å². The van der Waals surface area contributed by atoms with E-state index in [-0.39, 0.29) is 17.2 Å². The summed E-state index contributed by atoms with van der Waals surface area (Å²) in [5, 5.41) is 21.5. The van der Waals surface area contributed by atoms with Gasteiger partial charge in [-0.2, -0.15) is 5.26 Å². The molecule has 5 rings (SSSR count). The number of carbonyl (C=O) groups is 1. The fourth-order valence-electron chi connectivity index (χ4n) is 3.73. The van der Waals surface area contributed by atoms with Gasteiger partial charge in [-0.15, -0.1) is 10.2 Å². The summed E-state index contributed by atoms with van der Waals surface area (Å²) in [6, 6.07) is 25.8. The number of nitriles is 1. The molecule has 0 fully saturated rings. The number of nitrogens with one attached hydrogen (secondary N) is 1. The average Bonchev–Trinajstić information content (AvgIpc) is 3.30. The zero-order chi connectivity index (χ0) is 23.5. The number of carbonyl (C=O) groups excluding carboxylic acids is 1. The molecule has 0 aliphatic rings. The highest BCUT2D eigenvalue weighted by Crippen LogP contribution is 2.22. The largest absolute Gasteiger partial charge is 0.325 e. The Balaban J connectivity index is 1.48. The second-order valence-corrected chi connectivity index (χ2v) is 8.48. The van der Waals surface area contributed by atoms with Gasteiger partial charge < -0.3 is 5.32 Å². The summed E-state index contributed by atoms with van der Waals surface area (Å²) >= 11 is 1.23. The molecular formula is C25H18N6O2S. The fourth-order valence-corrected chi connectivity index (χ4v) is 4.47. The molecule has 0 spiro atoms. The number of para-hydroxylation sites is 1. The predicted molar refractivity (Wildman–Crippen MR) is 131 cm³/mol. The molecule has 8 nitrogen and oxygen atoms in total. The molecule has 1 N–H and O–H groups in total. The first-order valence-corrected chi connectivity index (χ1v) is 11.5. The van der Waals surface area contributed by atoms with Crippen LogP contribution in [0.1, 0.15) is 11.1 Å². The highest BCUT2D eigenvalue weighted by atomic mass is 32.2. The number of amides is 1. The Morgan fingerprint density at radius 1 is 1.00 bits per heavy atom. The number of thioether (sulfide) groups is 1. The van der Waals surface area contributed by atoms with E-state index in [0.717, 1.165) is 5.56 Å². The van der Waals surface area contributed by atoms with Crippen LogP contribution in [0.4, 0.5) is 5.69 Å². The molecule has 166 valence electrons. The Morgan fingerprint density at radius 3 is 2.62 bits per heavy atom. The molecule has 34 heavy (non-hydrogen) atoms. The SMILES string of the molecule is N#Cc1cccc(NC(=O)CSc2nnc3n(Cc4ccccc4)c(=O)c4ccccc4n23)c1. The van der Waals surface area contributed by atoms with Crippen LogP contribution in [0.2, 0.25) is 0 Å². The van der Waals surface area contributed by atoms with Crippen molar-refractivity contribution in [3.05, 3.63) is 100 Å². The van der Waals surface area contributed by atoms with Gasteiger partial charge in [-0.05, 0) is 35.9 Å². The van der Waals surface area contributed by atoms with Gasteiger partial charge in [0, 0.05) is 5.69 Å². The van der Waals surface area contributed by atoms with Gasteiger partial charge in [-0.1, -0.05) is 60.3 Å². The lowest BCUT2D eigenvalue weighted by molar-refractivity contribution is -0.113. The number of rotatable bonds is 6. The Kier molecular flexibility index (Phi) is 5.81. The van der Waals surface area contributed by atoms with Gasteiger partial charge in [0.05, 0.1) is 34.8 Å². The standard InChI is InChI=1S/C25H18N6O2S/c26-14-18-9-6-10-19(13-18)27-22(32)16-34-25-29-28-24-30(15-17-7-2-1-3-8-17)23(33)20-11-4-5-12-21(20)31(24)25/h1-13H,15-16H2,(H,27,32). The van der Waals surface area contributed by atoms with E-state index in [0.29, 0.717) is 39.6 Å². The van der Waals surface area contributed by atoms with Gasteiger partial charge in [0.25, 0.3) is 5.56 Å². The van der Waals surface area contributed by atoms with Crippen LogP contribution in [0.5, 0.6) is 0 Å². The lowest BCUT2D eigenvalue weighted by Crippen LogP contribution is -2.24. The van der Waals surface area contributed by atoms with Gasteiger partial charge >= 0.3 is 0 Å². The molecule has 0 saturated carbocycles. The highest BCUT2D eigenvalue weighted by Gasteiger charge is 2.18. The first-order chi connectivity index (χ1) is 16.6. The van der Waals surface area contributed by atoms with Crippen molar-refractivity contribution >= 4 is 40.0 Å². The zero-order valence-corrected chi connectivity index (χ0v) is 18.7. The number of hydrogen-bond donors (Lipinski definition) is 1. The monoisotopic (exact) mass is 466 g/mol. The highest BCUT2D eigenvalue weighted by molar-refractivity contribution is 7.99. The van der Waals surface area contributed by atoms with Crippen LogP contribution in [0.25, 0.3) is 16.7 Å². The fraction of sp³-hybridized carbons (Fsp3) is 0.0800. The molecule has 0 radical (unpaired) electrons. The van der Waals surface area contributed by atoms with Gasteiger partial charge in [0.15, 0.2) is 5.16 Å². The number of benzene rings is 3. The first kappa shape index (κ1) is 21.4. The molecule has 0 aliphatic heterocycles.